The van der Waals surface area contributed by atoms with Crippen LogP contribution in [0.3, 0.4) is 0 Å². The highest BCUT2D eigenvalue weighted by molar-refractivity contribution is 6.32. The summed E-state index contributed by atoms with van der Waals surface area (Å²) in [6.07, 6.45) is 3.45. The van der Waals surface area contributed by atoms with Gasteiger partial charge in [-0.05, 0) is 31.0 Å². The van der Waals surface area contributed by atoms with Gasteiger partial charge in [-0.15, -0.1) is 10.2 Å². The molecular formula is C13H11ClN4. The molecule has 3 aromatic rings. The monoisotopic (exact) mass is 258 g/mol. The summed E-state index contributed by atoms with van der Waals surface area (Å²) in [4.78, 5) is 3.99. The van der Waals surface area contributed by atoms with E-state index in [2.05, 4.69) is 41.2 Å². The predicted molar refractivity (Wildman–Crippen MR) is 70.7 cm³/mol. The largest absolute Gasteiger partial charge is 0.278 e. The molecule has 0 spiro atoms. The third-order valence-electron chi connectivity index (χ3n) is 3.05. The fraction of sp³-hybridized carbons (Fsp3) is 0.154. The molecule has 0 fully saturated rings. The van der Waals surface area contributed by atoms with Gasteiger partial charge in [0.1, 0.15) is 0 Å². The number of aromatic nitrogens is 4. The van der Waals surface area contributed by atoms with Gasteiger partial charge in [0.25, 0.3) is 0 Å². The van der Waals surface area contributed by atoms with Crippen LogP contribution in [0.15, 0.2) is 30.6 Å². The maximum atomic E-state index is 5.98. The van der Waals surface area contributed by atoms with E-state index in [0.717, 1.165) is 11.4 Å². The first-order valence-corrected chi connectivity index (χ1v) is 5.97. The fourth-order valence-corrected chi connectivity index (χ4v) is 2.06. The summed E-state index contributed by atoms with van der Waals surface area (Å²) in [6.45, 7) is 4.17. The zero-order chi connectivity index (χ0) is 12.7. The van der Waals surface area contributed by atoms with Crippen LogP contribution in [0.1, 0.15) is 11.1 Å². The highest BCUT2D eigenvalue weighted by atomic mass is 35.5. The molecule has 0 aliphatic heterocycles. The SMILES string of the molecule is Cc1ccc(-c2nnc3c(Cl)nccn23)cc1C. The number of halogens is 1. The lowest BCUT2D eigenvalue weighted by Gasteiger charge is -2.04. The van der Waals surface area contributed by atoms with E-state index >= 15 is 0 Å². The minimum atomic E-state index is 0.361. The molecule has 1 aromatic carbocycles. The van der Waals surface area contributed by atoms with E-state index in [1.807, 2.05) is 16.7 Å². The maximum Gasteiger partial charge on any atom is 0.198 e. The van der Waals surface area contributed by atoms with Gasteiger partial charge in [0.05, 0.1) is 0 Å². The summed E-state index contributed by atoms with van der Waals surface area (Å²) in [7, 11) is 0. The van der Waals surface area contributed by atoms with Gasteiger partial charge in [-0.2, -0.15) is 0 Å². The number of benzene rings is 1. The van der Waals surface area contributed by atoms with E-state index in [1.54, 1.807) is 6.20 Å². The molecule has 0 bridgehead atoms. The molecular weight excluding hydrogens is 248 g/mol. The Labute approximate surface area is 109 Å². The van der Waals surface area contributed by atoms with Crippen LogP contribution in [0, 0.1) is 13.8 Å². The third-order valence-corrected chi connectivity index (χ3v) is 3.32. The summed E-state index contributed by atoms with van der Waals surface area (Å²) in [5.74, 6) is 0.775. The zero-order valence-electron chi connectivity index (χ0n) is 10.1. The number of hydrogen-bond donors (Lipinski definition) is 0. The van der Waals surface area contributed by atoms with Crippen LogP contribution in [0.4, 0.5) is 0 Å². The van der Waals surface area contributed by atoms with Gasteiger partial charge in [0.15, 0.2) is 16.6 Å². The van der Waals surface area contributed by atoms with Crippen molar-refractivity contribution in [3.05, 3.63) is 46.9 Å². The van der Waals surface area contributed by atoms with Crippen LogP contribution < -0.4 is 0 Å². The average Bonchev–Trinajstić information content (AvgIpc) is 2.78. The second kappa shape index (κ2) is 4.07. The van der Waals surface area contributed by atoms with Crippen molar-refractivity contribution in [2.75, 3.05) is 0 Å². The molecule has 0 saturated heterocycles. The van der Waals surface area contributed by atoms with E-state index in [4.69, 9.17) is 11.6 Å². The molecule has 18 heavy (non-hydrogen) atoms. The van der Waals surface area contributed by atoms with Crippen molar-refractivity contribution in [2.24, 2.45) is 0 Å². The number of fused-ring (bicyclic) bond motifs is 1. The highest BCUT2D eigenvalue weighted by Gasteiger charge is 2.11. The molecule has 0 radical (unpaired) electrons. The third kappa shape index (κ3) is 1.66. The number of hydrogen-bond acceptors (Lipinski definition) is 3. The summed E-state index contributed by atoms with van der Waals surface area (Å²) >= 11 is 5.98. The molecule has 4 nitrogen and oxygen atoms in total. The quantitative estimate of drug-likeness (QED) is 0.674. The Morgan fingerprint density at radius 2 is 1.94 bits per heavy atom. The first-order valence-electron chi connectivity index (χ1n) is 5.59. The van der Waals surface area contributed by atoms with E-state index in [9.17, 15) is 0 Å². The van der Waals surface area contributed by atoms with Crippen LogP contribution in [0.5, 0.6) is 0 Å². The van der Waals surface area contributed by atoms with Crippen molar-refractivity contribution >= 4 is 17.2 Å². The molecule has 0 atom stereocenters. The molecule has 0 N–H and O–H groups in total. The van der Waals surface area contributed by atoms with E-state index in [0.29, 0.717) is 10.8 Å². The van der Waals surface area contributed by atoms with Crippen molar-refractivity contribution in [3.8, 4) is 11.4 Å². The Kier molecular flexibility index (Phi) is 2.52. The Balaban J connectivity index is 2.25. The molecule has 5 heteroatoms. The van der Waals surface area contributed by atoms with Crippen LogP contribution in [0.2, 0.25) is 5.15 Å². The molecule has 90 valence electrons. The van der Waals surface area contributed by atoms with Crippen LogP contribution in [0.25, 0.3) is 17.0 Å². The predicted octanol–water partition coefficient (Wildman–Crippen LogP) is 3.06. The lowest BCUT2D eigenvalue weighted by Crippen LogP contribution is -1.92. The Bertz CT molecular complexity index is 733. The van der Waals surface area contributed by atoms with Gasteiger partial charge in [-0.25, -0.2) is 4.98 Å². The molecule has 3 rings (SSSR count). The van der Waals surface area contributed by atoms with Gasteiger partial charge in [-0.1, -0.05) is 23.7 Å². The van der Waals surface area contributed by atoms with Gasteiger partial charge >= 0.3 is 0 Å². The first kappa shape index (κ1) is 11.2. The van der Waals surface area contributed by atoms with Gasteiger partial charge in [0, 0.05) is 18.0 Å². The lowest BCUT2D eigenvalue weighted by molar-refractivity contribution is 1.11. The van der Waals surface area contributed by atoms with Crippen molar-refractivity contribution in [1.29, 1.82) is 0 Å². The van der Waals surface area contributed by atoms with Crippen molar-refractivity contribution in [2.45, 2.75) is 13.8 Å². The standard InChI is InChI=1S/C13H11ClN4/c1-8-3-4-10(7-9(8)2)12-16-17-13-11(14)15-5-6-18(12)13/h3-7H,1-2H3. The van der Waals surface area contributed by atoms with Crippen LogP contribution in [-0.2, 0) is 0 Å². The maximum absolute atomic E-state index is 5.98. The van der Waals surface area contributed by atoms with Crippen molar-refractivity contribution in [1.82, 2.24) is 19.6 Å². The van der Waals surface area contributed by atoms with E-state index in [-0.39, 0.29) is 0 Å². The normalized spacial score (nSPS) is 11.1. The molecule has 2 heterocycles. The molecule has 0 saturated carbocycles. The van der Waals surface area contributed by atoms with Crippen LogP contribution in [-0.4, -0.2) is 19.6 Å². The van der Waals surface area contributed by atoms with Crippen molar-refractivity contribution in [3.63, 3.8) is 0 Å². The zero-order valence-corrected chi connectivity index (χ0v) is 10.8. The molecule has 0 aliphatic rings. The Morgan fingerprint density at radius 1 is 1.11 bits per heavy atom. The minimum Gasteiger partial charge on any atom is -0.278 e. The van der Waals surface area contributed by atoms with Crippen molar-refractivity contribution < 1.29 is 0 Å². The average molecular weight is 259 g/mol. The van der Waals surface area contributed by atoms with E-state index < -0.39 is 0 Å². The Hall–Kier alpha value is -1.94. The minimum absolute atomic E-state index is 0.361. The first-order chi connectivity index (χ1) is 8.66. The fourth-order valence-electron chi connectivity index (χ4n) is 1.87. The van der Waals surface area contributed by atoms with Gasteiger partial charge < -0.3 is 0 Å². The second-order valence-electron chi connectivity index (χ2n) is 4.23. The summed E-state index contributed by atoms with van der Waals surface area (Å²) in [6, 6.07) is 6.21. The summed E-state index contributed by atoms with van der Waals surface area (Å²) < 4.78 is 1.85. The molecule has 0 amide bonds. The van der Waals surface area contributed by atoms with Gasteiger partial charge in [0.2, 0.25) is 0 Å². The number of nitrogens with zero attached hydrogens (tertiary/aromatic N) is 4. The number of rotatable bonds is 1. The molecule has 2 aromatic heterocycles. The lowest BCUT2D eigenvalue weighted by atomic mass is 10.1. The van der Waals surface area contributed by atoms with E-state index in [1.165, 1.54) is 11.1 Å². The summed E-state index contributed by atoms with van der Waals surface area (Å²) in [5.41, 5.74) is 4.08. The topological polar surface area (TPSA) is 43.1 Å². The van der Waals surface area contributed by atoms with Crippen LogP contribution >= 0.6 is 11.6 Å². The van der Waals surface area contributed by atoms with Gasteiger partial charge in [-0.3, -0.25) is 4.40 Å². The summed E-state index contributed by atoms with van der Waals surface area (Å²) in [5, 5.41) is 8.61. The number of aryl methyl sites for hydroxylation is 2. The highest BCUT2D eigenvalue weighted by Crippen LogP contribution is 2.22. The second-order valence-corrected chi connectivity index (χ2v) is 4.59. The molecule has 0 aliphatic carbocycles. The molecule has 0 unspecified atom stereocenters. The smallest absolute Gasteiger partial charge is 0.198 e. The Morgan fingerprint density at radius 3 is 2.72 bits per heavy atom.